The van der Waals surface area contributed by atoms with Crippen molar-refractivity contribution in [3.63, 3.8) is 0 Å². The van der Waals surface area contributed by atoms with Crippen molar-refractivity contribution < 1.29 is 48.9 Å². The van der Waals surface area contributed by atoms with Crippen molar-refractivity contribution in [1.29, 1.82) is 0 Å². The molecule has 0 aliphatic carbocycles. The number of carbonyl (C=O) groups excluding carboxylic acids is 1. The molecular formula is C29H32N3NaO4. The van der Waals surface area contributed by atoms with E-state index in [0.717, 1.165) is 60.1 Å². The van der Waals surface area contributed by atoms with Gasteiger partial charge in [-0.25, -0.2) is 9.97 Å². The van der Waals surface area contributed by atoms with Crippen LogP contribution in [-0.2, 0) is 22.4 Å². The minimum Gasteiger partial charge on any atom is -0.550 e. The maximum atomic E-state index is 11.0. The molecule has 1 fully saturated rings. The molecule has 1 atom stereocenters. The largest absolute Gasteiger partial charge is 1.00 e. The zero-order valence-electron chi connectivity index (χ0n) is 22.2. The number of fused-ring (bicyclic) bond motifs is 1. The first kappa shape index (κ1) is 27.6. The van der Waals surface area contributed by atoms with E-state index in [2.05, 4.69) is 56.0 Å². The van der Waals surface area contributed by atoms with E-state index in [1.807, 2.05) is 6.07 Å². The Balaban J connectivity index is 0.00000320. The van der Waals surface area contributed by atoms with Crippen LogP contribution in [0, 0.1) is 20.8 Å². The summed E-state index contributed by atoms with van der Waals surface area (Å²) in [5, 5.41) is 11.0. The Bertz CT molecular complexity index is 1270. The number of rotatable bonds is 7. The Kier molecular flexibility index (Phi) is 8.90. The third-order valence-corrected chi connectivity index (χ3v) is 7.32. The van der Waals surface area contributed by atoms with Crippen molar-refractivity contribution in [1.82, 2.24) is 9.97 Å². The van der Waals surface area contributed by atoms with E-state index < -0.39 is 5.97 Å². The number of benzene rings is 2. The average Bonchev–Trinajstić information content (AvgIpc) is 3.25. The molecule has 1 aromatic heterocycles. The van der Waals surface area contributed by atoms with E-state index in [1.165, 1.54) is 22.3 Å². The van der Waals surface area contributed by atoms with Gasteiger partial charge in [-0.15, -0.1) is 0 Å². The molecular weight excluding hydrogens is 477 g/mol. The van der Waals surface area contributed by atoms with Crippen LogP contribution < -0.4 is 44.3 Å². The number of morpholine rings is 1. The Labute approximate surface area is 240 Å². The molecule has 3 heterocycles. The van der Waals surface area contributed by atoms with E-state index >= 15 is 0 Å². The van der Waals surface area contributed by atoms with E-state index in [-0.39, 0.29) is 41.9 Å². The normalized spacial score (nSPS) is 16.6. The maximum absolute atomic E-state index is 11.0. The van der Waals surface area contributed by atoms with Crippen LogP contribution in [0.5, 0.6) is 5.75 Å². The topological polar surface area (TPSA) is 87.6 Å². The first-order valence-electron chi connectivity index (χ1n) is 12.6. The molecule has 8 heteroatoms. The van der Waals surface area contributed by atoms with Gasteiger partial charge < -0.3 is 24.3 Å². The van der Waals surface area contributed by atoms with Crippen LogP contribution in [0.2, 0.25) is 0 Å². The monoisotopic (exact) mass is 509 g/mol. The molecule has 3 aromatic rings. The number of carboxylic acid groups (broad SMARTS) is 1. The van der Waals surface area contributed by atoms with Gasteiger partial charge in [-0.2, -0.15) is 0 Å². The summed E-state index contributed by atoms with van der Waals surface area (Å²) in [6.07, 6.45) is 1.76. The fourth-order valence-electron chi connectivity index (χ4n) is 5.34. The zero-order chi connectivity index (χ0) is 25.2. The molecule has 188 valence electrons. The summed E-state index contributed by atoms with van der Waals surface area (Å²) < 4.78 is 11.2. The molecule has 0 unspecified atom stereocenters. The van der Waals surface area contributed by atoms with E-state index in [1.54, 1.807) is 0 Å². The number of nitrogens with zero attached hydrogens (tertiary/aromatic N) is 3. The second-order valence-corrected chi connectivity index (χ2v) is 9.71. The number of anilines is 1. The molecule has 1 saturated heterocycles. The van der Waals surface area contributed by atoms with Gasteiger partial charge in [-0.05, 0) is 68.4 Å². The first-order valence-corrected chi connectivity index (χ1v) is 12.6. The van der Waals surface area contributed by atoms with Gasteiger partial charge >= 0.3 is 29.6 Å². The number of aliphatic carboxylic acids is 1. The predicted molar refractivity (Wildman–Crippen MR) is 136 cm³/mol. The molecule has 0 spiro atoms. The van der Waals surface area contributed by atoms with Gasteiger partial charge in [0.15, 0.2) is 0 Å². The third-order valence-electron chi connectivity index (χ3n) is 7.32. The number of hydrogen-bond donors (Lipinski definition) is 0. The van der Waals surface area contributed by atoms with Gasteiger partial charge in [-0.3, -0.25) is 0 Å². The van der Waals surface area contributed by atoms with Gasteiger partial charge in [-0.1, -0.05) is 30.3 Å². The van der Waals surface area contributed by atoms with Crippen LogP contribution in [-0.4, -0.2) is 48.8 Å². The maximum Gasteiger partial charge on any atom is 1.00 e. The molecule has 2 aliphatic rings. The number of aromatic nitrogens is 2. The van der Waals surface area contributed by atoms with Crippen LogP contribution in [0.25, 0.3) is 11.1 Å². The predicted octanol–water partition coefficient (Wildman–Crippen LogP) is 0.311. The molecule has 2 aliphatic heterocycles. The molecule has 7 nitrogen and oxygen atoms in total. The van der Waals surface area contributed by atoms with Crippen molar-refractivity contribution in [2.75, 3.05) is 37.8 Å². The molecule has 5 rings (SSSR count). The fourth-order valence-corrected chi connectivity index (χ4v) is 5.34. The molecule has 0 saturated carbocycles. The smallest absolute Gasteiger partial charge is 0.550 e. The van der Waals surface area contributed by atoms with Crippen LogP contribution in [0.4, 0.5) is 5.95 Å². The number of ether oxygens (including phenoxy) is 2. The number of carbonyl (C=O) groups is 1. The van der Waals surface area contributed by atoms with Gasteiger partial charge in [0.25, 0.3) is 0 Å². The average molecular weight is 510 g/mol. The fraction of sp³-hybridized carbons (Fsp3) is 0.414. The second-order valence-electron chi connectivity index (χ2n) is 9.71. The summed E-state index contributed by atoms with van der Waals surface area (Å²) in [5.74, 6) is 0.420. The van der Waals surface area contributed by atoms with E-state index in [9.17, 15) is 9.90 Å². The SMILES string of the molecule is Cc1nc(N2CCOCC2)nc(C)c1-c1cccc(CCc2ccc3c(c2)OC[C@H]3CC(=O)[O-])c1C.[Na+]. The molecule has 2 aromatic carbocycles. The van der Waals surface area contributed by atoms with Crippen molar-refractivity contribution in [3.8, 4) is 16.9 Å². The molecule has 0 N–H and O–H groups in total. The standard InChI is InChI=1S/C29H33N3O4.Na/c1-18-22(9-7-21-8-10-25-23(16-27(33)34)17-36-26(25)15-21)5-4-6-24(18)28-19(2)30-29(31-20(28)3)32-11-13-35-14-12-32;/h4-6,8,10,15,23H,7,9,11-14,16-17H2,1-3H3,(H,33,34);/q;+1/p-1/t23-;/m1./s1. The van der Waals surface area contributed by atoms with Gasteiger partial charge in [0.2, 0.25) is 5.95 Å². The Morgan fingerprint density at radius 2 is 1.78 bits per heavy atom. The summed E-state index contributed by atoms with van der Waals surface area (Å²) in [6.45, 7) is 9.77. The van der Waals surface area contributed by atoms with Crippen LogP contribution >= 0.6 is 0 Å². The van der Waals surface area contributed by atoms with Crippen molar-refractivity contribution in [2.45, 2.75) is 46.0 Å². The molecule has 0 radical (unpaired) electrons. The van der Waals surface area contributed by atoms with E-state index in [4.69, 9.17) is 19.4 Å². The van der Waals surface area contributed by atoms with Crippen molar-refractivity contribution in [2.24, 2.45) is 0 Å². The molecule has 0 bridgehead atoms. The summed E-state index contributed by atoms with van der Waals surface area (Å²) in [4.78, 5) is 22.9. The number of hydrogen-bond acceptors (Lipinski definition) is 7. The Morgan fingerprint density at radius 1 is 1.05 bits per heavy atom. The minimum atomic E-state index is -1.04. The summed E-state index contributed by atoms with van der Waals surface area (Å²) in [7, 11) is 0. The van der Waals surface area contributed by atoms with Crippen LogP contribution in [0.3, 0.4) is 0 Å². The first-order chi connectivity index (χ1) is 17.4. The second kappa shape index (κ2) is 11.9. The number of carboxylic acids is 1. The van der Waals surface area contributed by atoms with Crippen LogP contribution in [0.15, 0.2) is 36.4 Å². The molecule has 0 amide bonds. The van der Waals surface area contributed by atoms with Gasteiger partial charge in [0.05, 0.1) is 31.2 Å². The van der Waals surface area contributed by atoms with E-state index in [0.29, 0.717) is 19.8 Å². The zero-order valence-corrected chi connectivity index (χ0v) is 24.2. The van der Waals surface area contributed by atoms with Gasteiger partial charge in [0, 0.05) is 36.1 Å². The van der Waals surface area contributed by atoms with Crippen molar-refractivity contribution in [3.05, 3.63) is 70.0 Å². The summed E-state index contributed by atoms with van der Waals surface area (Å²) >= 11 is 0. The summed E-state index contributed by atoms with van der Waals surface area (Å²) in [5.41, 5.74) is 8.95. The Morgan fingerprint density at radius 3 is 2.49 bits per heavy atom. The van der Waals surface area contributed by atoms with Crippen molar-refractivity contribution >= 4 is 11.9 Å². The van der Waals surface area contributed by atoms with Gasteiger partial charge in [0.1, 0.15) is 5.75 Å². The Hall–Kier alpha value is -2.45. The number of aryl methyl sites for hydroxylation is 4. The molecule has 37 heavy (non-hydrogen) atoms. The third kappa shape index (κ3) is 6.01. The van der Waals surface area contributed by atoms with Crippen LogP contribution in [0.1, 0.15) is 46.0 Å². The minimum absolute atomic E-state index is 0. The summed E-state index contributed by atoms with van der Waals surface area (Å²) in [6, 6.07) is 12.6. The quantitative estimate of drug-likeness (QED) is 0.424.